The summed E-state index contributed by atoms with van der Waals surface area (Å²) >= 11 is 0. The van der Waals surface area contributed by atoms with Crippen LogP contribution in [0, 0.1) is 5.41 Å². The first kappa shape index (κ1) is 15.7. The minimum Gasteiger partial charge on any atom is -0.329 e. The molecule has 0 bridgehead atoms. The third-order valence-corrected chi connectivity index (χ3v) is 3.68. The molecular formula is C14H18F3NO. The van der Waals surface area contributed by atoms with Gasteiger partial charge in [0.2, 0.25) is 0 Å². The van der Waals surface area contributed by atoms with Gasteiger partial charge in [0.15, 0.2) is 5.78 Å². The standard InChI is InChI=1S/C14H18F3NO/c1-3-13(4-2,9-18)12(19)10-6-5-7-11(8-10)14(15,16)17/h5-8H,3-4,9,18H2,1-2H3. The molecule has 0 unspecified atom stereocenters. The van der Waals surface area contributed by atoms with E-state index in [-0.39, 0.29) is 17.9 Å². The first-order valence-corrected chi connectivity index (χ1v) is 6.23. The van der Waals surface area contributed by atoms with Gasteiger partial charge in [-0.05, 0) is 25.0 Å². The number of carbonyl (C=O) groups is 1. The van der Waals surface area contributed by atoms with Gasteiger partial charge >= 0.3 is 6.18 Å². The van der Waals surface area contributed by atoms with Crippen LogP contribution in [-0.2, 0) is 6.18 Å². The number of carbonyl (C=O) groups excluding carboxylic acids is 1. The molecule has 5 heteroatoms. The fourth-order valence-electron chi connectivity index (χ4n) is 2.10. The van der Waals surface area contributed by atoms with Gasteiger partial charge in [-0.3, -0.25) is 4.79 Å². The Morgan fingerprint density at radius 1 is 1.21 bits per heavy atom. The predicted octanol–water partition coefficient (Wildman–Crippen LogP) is 3.65. The van der Waals surface area contributed by atoms with Crippen LogP contribution >= 0.6 is 0 Å². The molecule has 0 aliphatic heterocycles. The summed E-state index contributed by atoms with van der Waals surface area (Å²) < 4.78 is 37.9. The van der Waals surface area contributed by atoms with Gasteiger partial charge in [0.1, 0.15) is 0 Å². The molecule has 0 aliphatic rings. The summed E-state index contributed by atoms with van der Waals surface area (Å²) in [6.07, 6.45) is -3.43. The Balaban J connectivity index is 3.20. The van der Waals surface area contributed by atoms with Gasteiger partial charge in [0.25, 0.3) is 0 Å². The first-order valence-electron chi connectivity index (χ1n) is 6.23. The third kappa shape index (κ3) is 3.15. The van der Waals surface area contributed by atoms with Crippen LogP contribution in [-0.4, -0.2) is 12.3 Å². The summed E-state index contributed by atoms with van der Waals surface area (Å²) in [6.45, 7) is 3.78. The molecule has 0 fully saturated rings. The summed E-state index contributed by atoms with van der Waals surface area (Å²) in [6, 6.07) is 4.52. The number of ketones is 1. The van der Waals surface area contributed by atoms with E-state index in [2.05, 4.69) is 0 Å². The zero-order valence-electron chi connectivity index (χ0n) is 11.1. The molecule has 0 aliphatic carbocycles. The van der Waals surface area contributed by atoms with Gasteiger partial charge in [0, 0.05) is 17.5 Å². The lowest BCUT2D eigenvalue weighted by atomic mass is 9.75. The van der Waals surface area contributed by atoms with E-state index in [1.54, 1.807) is 0 Å². The molecule has 106 valence electrons. The fraction of sp³-hybridized carbons (Fsp3) is 0.500. The monoisotopic (exact) mass is 273 g/mol. The molecule has 19 heavy (non-hydrogen) atoms. The van der Waals surface area contributed by atoms with Gasteiger partial charge < -0.3 is 5.73 Å². The third-order valence-electron chi connectivity index (χ3n) is 3.68. The SMILES string of the molecule is CCC(CC)(CN)C(=O)c1cccc(C(F)(F)F)c1. The van der Waals surface area contributed by atoms with Crippen molar-refractivity contribution in [1.82, 2.24) is 0 Å². The molecule has 2 nitrogen and oxygen atoms in total. The van der Waals surface area contributed by atoms with E-state index >= 15 is 0 Å². The molecule has 0 spiro atoms. The molecule has 1 rings (SSSR count). The van der Waals surface area contributed by atoms with Crippen LogP contribution in [0.3, 0.4) is 0 Å². The van der Waals surface area contributed by atoms with Crippen LogP contribution in [0.15, 0.2) is 24.3 Å². The highest BCUT2D eigenvalue weighted by molar-refractivity contribution is 6.00. The topological polar surface area (TPSA) is 43.1 Å². The van der Waals surface area contributed by atoms with E-state index in [1.165, 1.54) is 12.1 Å². The Hall–Kier alpha value is -1.36. The molecule has 0 aromatic heterocycles. The highest BCUT2D eigenvalue weighted by atomic mass is 19.4. The zero-order valence-corrected chi connectivity index (χ0v) is 11.1. The second-order valence-corrected chi connectivity index (χ2v) is 4.60. The molecule has 0 radical (unpaired) electrons. The van der Waals surface area contributed by atoms with Crippen LogP contribution in [0.25, 0.3) is 0 Å². The van der Waals surface area contributed by atoms with E-state index < -0.39 is 17.2 Å². The first-order chi connectivity index (χ1) is 8.80. The van der Waals surface area contributed by atoms with Crippen LogP contribution in [0.1, 0.15) is 42.6 Å². The van der Waals surface area contributed by atoms with Crippen molar-refractivity contribution < 1.29 is 18.0 Å². The van der Waals surface area contributed by atoms with Crippen molar-refractivity contribution in [2.75, 3.05) is 6.54 Å². The summed E-state index contributed by atoms with van der Waals surface area (Å²) in [5, 5.41) is 0. The van der Waals surface area contributed by atoms with Gasteiger partial charge in [-0.2, -0.15) is 13.2 Å². The van der Waals surface area contributed by atoms with E-state index in [9.17, 15) is 18.0 Å². The smallest absolute Gasteiger partial charge is 0.329 e. The van der Waals surface area contributed by atoms with Crippen molar-refractivity contribution in [3.8, 4) is 0 Å². The van der Waals surface area contributed by atoms with Crippen LogP contribution < -0.4 is 5.73 Å². The second-order valence-electron chi connectivity index (χ2n) is 4.60. The van der Waals surface area contributed by atoms with Crippen molar-refractivity contribution in [3.05, 3.63) is 35.4 Å². The van der Waals surface area contributed by atoms with E-state index in [0.717, 1.165) is 12.1 Å². The summed E-state index contributed by atoms with van der Waals surface area (Å²) in [5.41, 5.74) is 4.14. The largest absolute Gasteiger partial charge is 0.416 e. The van der Waals surface area contributed by atoms with Gasteiger partial charge in [-0.1, -0.05) is 26.0 Å². The van der Waals surface area contributed by atoms with Gasteiger partial charge in [-0.25, -0.2) is 0 Å². The lowest BCUT2D eigenvalue weighted by molar-refractivity contribution is -0.137. The van der Waals surface area contributed by atoms with Crippen LogP contribution in [0.5, 0.6) is 0 Å². The normalized spacial score (nSPS) is 12.5. The highest BCUT2D eigenvalue weighted by Gasteiger charge is 2.36. The summed E-state index contributed by atoms with van der Waals surface area (Å²) in [4.78, 5) is 12.4. The number of nitrogens with two attached hydrogens (primary N) is 1. The van der Waals surface area contributed by atoms with Gasteiger partial charge in [0.05, 0.1) is 5.56 Å². The molecule has 0 saturated heterocycles. The maximum atomic E-state index is 12.6. The molecular weight excluding hydrogens is 255 g/mol. The minimum atomic E-state index is -4.44. The second kappa shape index (κ2) is 5.74. The molecule has 2 N–H and O–H groups in total. The molecule has 0 atom stereocenters. The van der Waals surface area contributed by atoms with Crippen LogP contribution in [0.4, 0.5) is 13.2 Å². The number of rotatable bonds is 5. The lowest BCUT2D eigenvalue weighted by Gasteiger charge is -2.28. The van der Waals surface area contributed by atoms with Crippen molar-refractivity contribution >= 4 is 5.78 Å². The number of hydrogen-bond donors (Lipinski definition) is 1. The van der Waals surface area contributed by atoms with E-state index in [1.807, 2.05) is 13.8 Å². The summed E-state index contributed by atoms with van der Waals surface area (Å²) in [7, 11) is 0. The predicted molar refractivity (Wildman–Crippen MR) is 67.8 cm³/mol. The average molecular weight is 273 g/mol. The molecule has 1 aromatic rings. The van der Waals surface area contributed by atoms with Crippen LogP contribution in [0.2, 0.25) is 0 Å². The number of benzene rings is 1. The molecule has 0 amide bonds. The number of alkyl halides is 3. The Labute approximate surface area is 110 Å². The minimum absolute atomic E-state index is 0.0731. The maximum Gasteiger partial charge on any atom is 0.416 e. The fourth-order valence-corrected chi connectivity index (χ4v) is 2.10. The zero-order chi connectivity index (χ0) is 14.7. The molecule has 0 saturated carbocycles. The molecule has 1 aromatic carbocycles. The average Bonchev–Trinajstić information content (AvgIpc) is 2.40. The van der Waals surface area contributed by atoms with Crippen molar-refractivity contribution in [3.63, 3.8) is 0 Å². The number of hydrogen-bond acceptors (Lipinski definition) is 2. The Morgan fingerprint density at radius 2 is 1.79 bits per heavy atom. The van der Waals surface area contributed by atoms with Crippen molar-refractivity contribution in [2.24, 2.45) is 11.1 Å². The number of Topliss-reactive ketones (excluding diaryl/α,β-unsaturated/α-hetero) is 1. The summed E-state index contributed by atoms with van der Waals surface area (Å²) in [5.74, 6) is -0.314. The lowest BCUT2D eigenvalue weighted by Crippen LogP contribution is -2.37. The van der Waals surface area contributed by atoms with Crippen molar-refractivity contribution in [1.29, 1.82) is 0 Å². The highest BCUT2D eigenvalue weighted by Crippen LogP contribution is 2.33. The molecule has 0 heterocycles. The Bertz CT molecular complexity index is 442. The maximum absolute atomic E-state index is 12.6. The van der Waals surface area contributed by atoms with Gasteiger partial charge in [-0.15, -0.1) is 0 Å². The van der Waals surface area contributed by atoms with E-state index in [0.29, 0.717) is 12.8 Å². The van der Waals surface area contributed by atoms with Crippen molar-refractivity contribution in [2.45, 2.75) is 32.9 Å². The Kier molecular flexibility index (Phi) is 4.74. The Morgan fingerprint density at radius 3 is 2.21 bits per heavy atom. The quantitative estimate of drug-likeness (QED) is 0.832. The van der Waals surface area contributed by atoms with E-state index in [4.69, 9.17) is 5.73 Å². The number of halogens is 3.